The van der Waals surface area contributed by atoms with E-state index in [1.54, 1.807) is 62.0 Å². The number of carbonyl (C=O) groups excluding carboxylic acids is 2. The molecule has 0 aliphatic carbocycles. The molecule has 2 rings (SSSR count). The smallest absolute Gasteiger partial charge is 0.412 e. The van der Waals surface area contributed by atoms with Gasteiger partial charge in [-0.3, -0.25) is 10.1 Å². The molecule has 26 heavy (non-hydrogen) atoms. The number of unbranched alkanes of at least 4 members (excludes halogenated alkanes) is 1. The second kappa shape index (κ2) is 8.51. The average Bonchev–Trinajstić information content (AvgIpc) is 2.98. The van der Waals surface area contributed by atoms with Crippen LogP contribution in [0.2, 0.25) is 0 Å². The van der Waals surface area contributed by atoms with Gasteiger partial charge in [0.2, 0.25) is 0 Å². The Balaban J connectivity index is 1.96. The molecule has 1 heterocycles. The van der Waals surface area contributed by atoms with E-state index in [0.717, 1.165) is 19.4 Å². The van der Waals surface area contributed by atoms with Gasteiger partial charge in [0.15, 0.2) is 0 Å². The standard InChI is InChI=1S/C19H26N4O3/c1-5-6-13-23-16(11-12-20-23)22-17(24)14-7-9-15(10-8-14)21-18(25)26-19(2,3)4/h7-12H,5-6,13H2,1-4H3,(H,21,25)(H,22,24). The maximum Gasteiger partial charge on any atom is 0.412 e. The number of nitrogens with one attached hydrogen (secondary N) is 2. The van der Waals surface area contributed by atoms with Gasteiger partial charge < -0.3 is 10.1 Å². The zero-order valence-electron chi connectivity index (χ0n) is 15.7. The molecule has 2 aromatic rings. The van der Waals surface area contributed by atoms with E-state index in [9.17, 15) is 9.59 Å². The van der Waals surface area contributed by atoms with Crippen LogP contribution in [0, 0.1) is 0 Å². The molecule has 2 N–H and O–H groups in total. The van der Waals surface area contributed by atoms with E-state index >= 15 is 0 Å². The van der Waals surface area contributed by atoms with Gasteiger partial charge in [-0.1, -0.05) is 13.3 Å². The topological polar surface area (TPSA) is 85.3 Å². The first-order valence-electron chi connectivity index (χ1n) is 8.72. The highest BCUT2D eigenvalue weighted by Crippen LogP contribution is 2.15. The van der Waals surface area contributed by atoms with Gasteiger partial charge in [0.05, 0.1) is 6.20 Å². The largest absolute Gasteiger partial charge is 0.444 e. The number of carbonyl (C=O) groups is 2. The summed E-state index contributed by atoms with van der Waals surface area (Å²) in [5, 5.41) is 9.71. The van der Waals surface area contributed by atoms with E-state index in [1.165, 1.54) is 0 Å². The molecule has 0 atom stereocenters. The van der Waals surface area contributed by atoms with Crippen LogP contribution in [0.4, 0.5) is 16.3 Å². The molecule has 0 saturated heterocycles. The second-order valence-corrected chi connectivity index (χ2v) is 6.95. The van der Waals surface area contributed by atoms with E-state index in [1.807, 2.05) is 0 Å². The van der Waals surface area contributed by atoms with Crippen molar-refractivity contribution in [3.05, 3.63) is 42.1 Å². The molecule has 0 radical (unpaired) electrons. The Labute approximate surface area is 153 Å². The van der Waals surface area contributed by atoms with Crippen LogP contribution in [0.25, 0.3) is 0 Å². The number of aromatic nitrogens is 2. The summed E-state index contributed by atoms with van der Waals surface area (Å²) in [5.74, 6) is 0.437. The Hall–Kier alpha value is -2.83. The Morgan fingerprint density at radius 3 is 2.42 bits per heavy atom. The van der Waals surface area contributed by atoms with Crippen molar-refractivity contribution < 1.29 is 14.3 Å². The molecule has 0 spiro atoms. The van der Waals surface area contributed by atoms with Crippen LogP contribution in [0.5, 0.6) is 0 Å². The van der Waals surface area contributed by atoms with Crippen molar-refractivity contribution in [2.45, 2.75) is 52.7 Å². The Kier molecular flexibility index (Phi) is 6.38. The molecule has 0 aliphatic rings. The van der Waals surface area contributed by atoms with Crippen LogP contribution in [-0.4, -0.2) is 27.4 Å². The van der Waals surface area contributed by atoms with Crippen molar-refractivity contribution in [1.29, 1.82) is 0 Å². The number of anilines is 2. The van der Waals surface area contributed by atoms with E-state index in [0.29, 0.717) is 17.1 Å². The molecule has 2 amide bonds. The monoisotopic (exact) mass is 358 g/mol. The summed E-state index contributed by atoms with van der Waals surface area (Å²) in [6.07, 6.45) is 3.18. The Morgan fingerprint density at radius 2 is 1.81 bits per heavy atom. The molecule has 0 saturated carbocycles. The van der Waals surface area contributed by atoms with Crippen molar-refractivity contribution in [3.8, 4) is 0 Å². The lowest BCUT2D eigenvalue weighted by Crippen LogP contribution is -2.27. The van der Waals surface area contributed by atoms with Gasteiger partial charge in [-0.15, -0.1) is 0 Å². The first kappa shape index (κ1) is 19.5. The zero-order chi connectivity index (χ0) is 19.2. The van der Waals surface area contributed by atoms with E-state index in [4.69, 9.17) is 4.74 Å². The average molecular weight is 358 g/mol. The number of ether oxygens (including phenoxy) is 1. The predicted molar refractivity (Wildman–Crippen MR) is 101 cm³/mol. The Morgan fingerprint density at radius 1 is 1.12 bits per heavy atom. The number of nitrogens with zero attached hydrogens (tertiary/aromatic N) is 2. The maximum absolute atomic E-state index is 12.4. The summed E-state index contributed by atoms with van der Waals surface area (Å²) < 4.78 is 6.97. The molecule has 0 fully saturated rings. The summed E-state index contributed by atoms with van der Waals surface area (Å²) in [5.41, 5.74) is 0.483. The van der Waals surface area contributed by atoms with Crippen LogP contribution in [0.3, 0.4) is 0 Å². The Bertz CT molecular complexity index is 745. The van der Waals surface area contributed by atoms with Gasteiger partial charge in [-0.25, -0.2) is 9.48 Å². The normalized spacial score (nSPS) is 11.1. The van der Waals surface area contributed by atoms with Gasteiger partial charge >= 0.3 is 6.09 Å². The minimum absolute atomic E-state index is 0.230. The third-order valence-electron chi connectivity index (χ3n) is 3.47. The summed E-state index contributed by atoms with van der Waals surface area (Å²) in [7, 11) is 0. The molecular formula is C19H26N4O3. The van der Waals surface area contributed by atoms with Gasteiger partial charge in [-0.05, 0) is 51.5 Å². The van der Waals surface area contributed by atoms with E-state index in [2.05, 4.69) is 22.7 Å². The van der Waals surface area contributed by atoms with Crippen molar-refractivity contribution >= 4 is 23.5 Å². The van der Waals surface area contributed by atoms with Crippen molar-refractivity contribution in [1.82, 2.24) is 9.78 Å². The first-order valence-corrected chi connectivity index (χ1v) is 8.72. The van der Waals surface area contributed by atoms with Crippen molar-refractivity contribution in [2.24, 2.45) is 0 Å². The first-order chi connectivity index (χ1) is 12.3. The predicted octanol–water partition coefficient (Wildman–Crippen LogP) is 4.28. The van der Waals surface area contributed by atoms with Crippen LogP contribution in [-0.2, 0) is 11.3 Å². The molecule has 0 aliphatic heterocycles. The lowest BCUT2D eigenvalue weighted by atomic mass is 10.2. The molecule has 0 unspecified atom stereocenters. The van der Waals surface area contributed by atoms with Gasteiger partial charge in [-0.2, -0.15) is 5.10 Å². The fraction of sp³-hybridized carbons (Fsp3) is 0.421. The fourth-order valence-corrected chi connectivity index (χ4v) is 2.24. The quantitative estimate of drug-likeness (QED) is 0.807. The number of amides is 2. The summed E-state index contributed by atoms with van der Waals surface area (Å²) in [6, 6.07) is 8.38. The van der Waals surface area contributed by atoms with E-state index < -0.39 is 11.7 Å². The number of hydrogen-bond acceptors (Lipinski definition) is 4. The lowest BCUT2D eigenvalue weighted by molar-refractivity contribution is 0.0636. The zero-order valence-corrected chi connectivity index (χ0v) is 15.7. The minimum atomic E-state index is -0.565. The summed E-state index contributed by atoms with van der Waals surface area (Å²) in [4.78, 5) is 24.2. The highest BCUT2D eigenvalue weighted by Gasteiger charge is 2.16. The van der Waals surface area contributed by atoms with Gasteiger partial charge in [0.1, 0.15) is 11.4 Å². The number of hydrogen-bond donors (Lipinski definition) is 2. The maximum atomic E-state index is 12.4. The van der Waals surface area contributed by atoms with Crippen LogP contribution in [0.1, 0.15) is 50.9 Å². The fourth-order valence-electron chi connectivity index (χ4n) is 2.24. The molecule has 1 aromatic carbocycles. The molecule has 1 aromatic heterocycles. The van der Waals surface area contributed by atoms with E-state index in [-0.39, 0.29) is 5.91 Å². The third kappa shape index (κ3) is 5.91. The molecule has 140 valence electrons. The van der Waals surface area contributed by atoms with Gasteiger partial charge in [0.25, 0.3) is 5.91 Å². The number of benzene rings is 1. The minimum Gasteiger partial charge on any atom is -0.444 e. The summed E-state index contributed by atoms with van der Waals surface area (Å²) >= 11 is 0. The highest BCUT2D eigenvalue weighted by atomic mass is 16.6. The molecule has 0 bridgehead atoms. The van der Waals surface area contributed by atoms with Crippen molar-refractivity contribution in [2.75, 3.05) is 10.6 Å². The molecule has 7 nitrogen and oxygen atoms in total. The SMILES string of the molecule is CCCCn1nccc1NC(=O)c1ccc(NC(=O)OC(C)(C)C)cc1. The van der Waals surface area contributed by atoms with Crippen LogP contribution < -0.4 is 10.6 Å². The van der Waals surface area contributed by atoms with Crippen LogP contribution >= 0.6 is 0 Å². The highest BCUT2D eigenvalue weighted by molar-refractivity contribution is 6.04. The van der Waals surface area contributed by atoms with Crippen LogP contribution in [0.15, 0.2) is 36.5 Å². The number of rotatable bonds is 6. The second-order valence-electron chi connectivity index (χ2n) is 6.95. The summed E-state index contributed by atoms with van der Waals surface area (Å²) in [6.45, 7) is 8.26. The van der Waals surface area contributed by atoms with Gasteiger partial charge in [0, 0.05) is 23.9 Å². The molecule has 7 heteroatoms. The lowest BCUT2D eigenvalue weighted by Gasteiger charge is -2.19. The number of aryl methyl sites for hydroxylation is 1. The van der Waals surface area contributed by atoms with Crippen molar-refractivity contribution in [3.63, 3.8) is 0 Å². The third-order valence-corrected chi connectivity index (χ3v) is 3.47. The molecular weight excluding hydrogens is 332 g/mol.